The second-order valence-corrected chi connectivity index (χ2v) is 6.63. The van der Waals surface area contributed by atoms with Crippen LogP contribution in [0.4, 0.5) is 0 Å². The van der Waals surface area contributed by atoms with Gasteiger partial charge >= 0.3 is 0 Å². The zero-order valence-electron chi connectivity index (χ0n) is 12.9. The fourth-order valence-corrected chi connectivity index (χ4v) is 3.69. The van der Waals surface area contributed by atoms with Crippen LogP contribution >= 0.6 is 0 Å². The Balaban J connectivity index is 2.23. The lowest BCUT2D eigenvalue weighted by Gasteiger charge is -2.17. The van der Waals surface area contributed by atoms with Crippen LogP contribution in [0.25, 0.3) is 32.3 Å². The first kappa shape index (κ1) is 12.6. The van der Waals surface area contributed by atoms with Crippen LogP contribution in [0.5, 0.6) is 0 Å². The van der Waals surface area contributed by atoms with Crippen LogP contribution in [0.2, 0.25) is 0 Å². The van der Waals surface area contributed by atoms with Crippen molar-refractivity contribution in [1.29, 1.82) is 0 Å². The molecule has 0 saturated carbocycles. The number of aryl methyl sites for hydroxylation is 1. The highest BCUT2D eigenvalue weighted by atomic mass is 14.2. The van der Waals surface area contributed by atoms with Crippen LogP contribution in [-0.4, -0.2) is 0 Å². The van der Waals surface area contributed by atoms with Gasteiger partial charge in [0.2, 0.25) is 0 Å². The van der Waals surface area contributed by atoms with E-state index < -0.39 is 0 Å². The summed E-state index contributed by atoms with van der Waals surface area (Å²) >= 11 is 0. The van der Waals surface area contributed by atoms with Gasteiger partial charge in [-0.15, -0.1) is 0 Å². The number of rotatable bonds is 2. The molecule has 21 heavy (non-hydrogen) atoms. The Morgan fingerprint density at radius 3 is 2.19 bits per heavy atom. The summed E-state index contributed by atoms with van der Waals surface area (Å²) in [7, 11) is 0. The van der Waals surface area contributed by atoms with E-state index in [1.807, 2.05) is 0 Å². The highest BCUT2D eigenvalue weighted by Crippen LogP contribution is 2.37. The van der Waals surface area contributed by atoms with Crippen LogP contribution < -0.4 is 0 Å². The Morgan fingerprint density at radius 1 is 0.810 bits per heavy atom. The average molecular weight is 272 g/mol. The average Bonchev–Trinajstić information content (AvgIpc) is 2.47. The lowest BCUT2D eigenvalue weighted by Crippen LogP contribution is -1.99. The molecule has 0 aliphatic heterocycles. The van der Waals surface area contributed by atoms with Crippen molar-refractivity contribution in [2.45, 2.75) is 27.2 Å². The molecular weight excluding hydrogens is 252 g/mol. The smallest absolute Gasteiger partial charge is 0.00238 e. The van der Waals surface area contributed by atoms with Gasteiger partial charge in [-0.2, -0.15) is 0 Å². The fourth-order valence-electron chi connectivity index (χ4n) is 3.69. The van der Waals surface area contributed by atoms with Gasteiger partial charge in [0.25, 0.3) is 0 Å². The van der Waals surface area contributed by atoms with Crippen molar-refractivity contribution in [2.24, 2.45) is 5.92 Å². The maximum Gasteiger partial charge on any atom is -0.00238 e. The van der Waals surface area contributed by atoms with E-state index in [9.17, 15) is 0 Å². The summed E-state index contributed by atoms with van der Waals surface area (Å²) < 4.78 is 0. The summed E-state index contributed by atoms with van der Waals surface area (Å²) in [5.41, 5.74) is 2.95. The van der Waals surface area contributed by atoms with Crippen molar-refractivity contribution in [3.8, 4) is 0 Å². The van der Waals surface area contributed by atoms with Crippen LogP contribution in [0.15, 0.2) is 48.5 Å². The Morgan fingerprint density at radius 2 is 1.48 bits per heavy atom. The molecule has 0 spiro atoms. The Hall–Kier alpha value is -2.08. The molecule has 4 rings (SSSR count). The molecule has 4 aromatic rings. The van der Waals surface area contributed by atoms with Gasteiger partial charge in [-0.05, 0) is 62.7 Å². The highest BCUT2D eigenvalue weighted by molar-refractivity contribution is 6.23. The molecular formula is C21H20. The van der Waals surface area contributed by atoms with Crippen molar-refractivity contribution in [3.05, 3.63) is 59.7 Å². The molecule has 0 aliphatic carbocycles. The second-order valence-electron chi connectivity index (χ2n) is 6.63. The van der Waals surface area contributed by atoms with Crippen molar-refractivity contribution in [2.75, 3.05) is 0 Å². The van der Waals surface area contributed by atoms with E-state index >= 15 is 0 Å². The zero-order chi connectivity index (χ0) is 14.6. The number of hydrogen-bond donors (Lipinski definition) is 0. The molecule has 0 amide bonds. The lowest BCUT2D eigenvalue weighted by molar-refractivity contribution is 0.648. The molecule has 4 aromatic carbocycles. The van der Waals surface area contributed by atoms with E-state index in [4.69, 9.17) is 0 Å². The van der Waals surface area contributed by atoms with E-state index in [0.29, 0.717) is 5.92 Å². The van der Waals surface area contributed by atoms with Gasteiger partial charge in [0.1, 0.15) is 0 Å². The first-order chi connectivity index (χ1) is 10.1. The van der Waals surface area contributed by atoms with Crippen molar-refractivity contribution >= 4 is 32.3 Å². The number of hydrogen-bond acceptors (Lipinski definition) is 0. The largest absolute Gasteiger partial charge is 0.0625 e. The number of benzene rings is 4. The summed E-state index contributed by atoms with van der Waals surface area (Å²) in [6, 6.07) is 18.1. The third kappa shape index (κ3) is 1.82. The van der Waals surface area contributed by atoms with Gasteiger partial charge in [-0.25, -0.2) is 0 Å². The van der Waals surface area contributed by atoms with Crippen molar-refractivity contribution in [1.82, 2.24) is 0 Å². The standard InChI is InChI=1S/C21H20/c1-13(2)11-19-14(3)12-17-8-7-15-5-4-6-16-9-10-18(19)21(17)20(15)16/h4-10,12-13H,11H2,1-3H3. The van der Waals surface area contributed by atoms with E-state index in [-0.39, 0.29) is 0 Å². The van der Waals surface area contributed by atoms with Crippen LogP contribution in [-0.2, 0) is 6.42 Å². The molecule has 0 bridgehead atoms. The fraction of sp³-hybridized carbons (Fsp3) is 0.238. The zero-order valence-corrected chi connectivity index (χ0v) is 12.9. The summed E-state index contributed by atoms with van der Waals surface area (Å²) in [5, 5.41) is 8.40. The quantitative estimate of drug-likeness (QED) is 0.387. The van der Waals surface area contributed by atoms with Gasteiger partial charge in [0.05, 0.1) is 0 Å². The minimum Gasteiger partial charge on any atom is -0.0625 e. The van der Waals surface area contributed by atoms with E-state index in [2.05, 4.69) is 69.3 Å². The van der Waals surface area contributed by atoms with Crippen molar-refractivity contribution < 1.29 is 0 Å². The molecule has 0 saturated heterocycles. The van der Waals surface area contributed by atoms with Gasteiger partial charge < -0.3 is 0 Å². The summed E-state index contributed by atoms with van der Waals surface area (Å²) in [5.74, 6) is 0.683. The van der Waals surface area contributed by atoms with Crippen LogP contribution in [0.1, 0.15) is 25.0 Å². The maximum atomic E-state index is 2.37. The molecule has 0 N–H and O–H groups in total. The van der Waals surface area contributed by atoms with Gasteiger partial charge in [0.15, 0.2) is 0 Å². The Labute approximate surface area is 125 Å². The normalized spacial score (nSPS) is 12.2. The minimum absolute atomic E-state index is 0.683. The SMILES string of the molecule is Cc1cc2ccc3cccc4ccc(c1CC(C)C)c2c34. The van der Waals surface area contributed by atoms with Gasteiger partial charge in [-0.1, -0.05) is 62.4 Å². The van der Waals surface area contributed by atoms with E-state index in [1.54, 1.807) is 0 Å². The molecule has 0 aliphatic rings. The molecule has 104 valence electrons. The predicted molar refractivity (Wildman–Crippen MR) is 93.4 cm³/mol. The second kappa shape index (κ2) is 4.46. The highest BCUT2D eigenvalue weighted by Gasteiger charge is 2.13. The first-order valence-corrected chi connectivity index (χ1v) is 7.81. The molecule has 0 fully saturated rings. The molecule has 0 unspecified atom stereocenters. The van der Waals surface area contributed by atoms with Crippen molar-refractivity contribution in [3.63, 3.8) is 0 Å². The van der Waals surface area contributed by atoms with Gasteiger partial charge in [0, 0.05) is 0 Å². The molecule has 0 aromatic heterocycles. The van der Waals surface area contributed by atoms with Crippen LogP contribution in [0.3, 0.4) is 0 Å². The first-order valence-electron chi connectivity index (χ1n) is 7.81. The summed E-state index contributed by atoms with van der Waals surface area (Å²) in [4.78, 5) is 0. The van der Waals surface area contributed by atoms with E-state index in [0.717, 1.165) is 6.42 Å². The maximum absolute atomic E-state index is 2.37. The Kier molecular flexibility index (Phi) is 2.68. The lowest BCUT2D eigenvalue weighted by atomic mass is 9.87. The topological polar surface area (TPSA) is 0 Å². The molecule has 0 nitrogen and oxygen atoms in total. The molecule has 0 atom stereocenters. The van der Waals surface area contributed by atoms with Gasteiger partial charge in [-0.3, -0.25) is 0 Å². The minimum atomic E-state index is 0.683. The third-order valence-electron chi connectivity index (χ3n) is 4.59. The van der Waals surface area contributed by atoms with E-state index in [1.165, 1.54) is 43.4 Å². The monoisotopic (exact) mass is 272 g/mol. The third-order valence-corrected chi connectivity index (χ3v) is 4.59. The molecule has 0 radical (unpaired) electrons. The summed E-state index contributed by atoms with van der Waals surface area (Å²) in [6.45, 7) is 6.86. The predicted octanol–water partition coefficient (Wildman–Crippen LogP) is 6.09. The summed E-state index contributed by atoms with van der Waals surface area (Å²) in [6.07, 6.45) is 1.15. The molecule has 0 heteroatoms. The Bertz CT molecular complexity index is 929. The molecule has 0 heterocycles. The van der Waals surface area contributed by atoms with Crippen LogP contribution in [0, 0.1) is 12.8 Å².